The fourth-order valence-electron chi connectivity index (χ4n) is 3.59. The number of benzene rings is 1. The average Bonchev–Trinajstić information content (AvgIpc) is 3.00. The molecule has 1 amide bonds. The number of nitrogens with zero attached hydrogens (tertiary/aromatic N) is 4. The molecule has 8 heteroatoms. The van der Waals surface area contributed by atoms with Crippen LogP contribution in [0.15, 0.2) is 24.3 Å². The van der Waals surface area contributed by atoms with Crippen LogP contribution in [0.25, 0.3) is 11.0 Å². The topological polar surface area (TPSA) is 61.9 Å². The molecule has 0 bridgehead atoms. The van der Waals surface area contributed by atoms with E-state index in [4.69, 9.17) is 0 Å². The zero-order valence-electron chi connectivity index (χ0n) is 14.4. The lowest BCUT2D eigenvalue weighted by Crippen LogP contribution is -2.50. The number of alkyl halides is 3. The number of imidazole rings is 1. The van der Waals surface area contributed by atoms with Gasteiger partial charge in [-0.1, -0.05) is 31.4 Å². The molecule has 0 saturated heterocycles. The van der Waals surface area contributed by atoms with Gasteiger partial charge >= 0.3 is 6.18 Å². The standard InChI is InChI=1S/C18H19F3N4O/c1-24(17(12-22)9-5-2-6-10-17)15(26)11-25-14-8-4-3-7-13(14)23-16(25)18(19,20)21/h3-4,7-8H,2,5-6,9-11H2,1H3. The summed E-state index contributed by atoms with van der Waals surface area (Å²) in [6.45, 7) is -0.505. The Morgan fingerprint density at radius 2 is 1.96 bits per heavy atom. The molecule has 0 spiro atoms. The quantitative estimate of drug-likeness (QED) is 0.833. The van der Waals surface area contributed by atoms with Gasteiger partial charge in [-0.05, 0) is 25.0 Å². The Morgan fingerprint density at radius 3 is 2.58 bits per heavy atom. The van der Waals surface area contributed by atoms with Crippen LogP contribution in [0.3, 0.4) is 0 Å². The second-order valence-corrected chi connectivity index (χ2v) is 6.66. The summed E-state index contributed by atoms with van der Waals surface area (Å²) in [4.78, 5) is 17.7. The van der Waals surface area contributed by atoms with Gasteiger partial charge in [0, 0.05) is 7.05 Å². The predicted molar refractivity (Wildman–Crippen MR) is 88.9 cm³/mol. The minimum atomic E-state index is -4.67. The molecule has 1 aromatic heterocycles. The average molecular weight is 364 g/mol. The summed E-state index contributed by atoms with van der Waals surface area (Å²) in [5.74, 6) is -1.63. The van der Waals surface area contributed by atoms with Crippen LogP contribution >= 0.6 is 0 Å². The Labute approximate surface area is 149 Å². The number of hydrogen-bond acceptors (Lipinski definition) is 3. The maximum absolute atomic E-state index is 13.4. The molecular formula is C18H19F3N4O. The van der Waals surface area contributed by atoms with E-state index in [2.05, 4.69) is 11.1 Å². The number of carbonyl (C=O) groups excluding carboxylic acids is 1. The minimum Gasteiger partial charge on any atom is -0.326 e. The van der Waals surface area contributed by atoms with Crippen LogP contribution in [0.4, 0.5) is 13.2 Å². The van der Waals surface area contributed by atoms with Crippen LogP contribution in [0, 0.1) is 11.3 Å². The molecule has 0 aliphatic heterocycles. The number of halogens is 3. The summed E-state index contributed by atoms with van der Waals surface area (Å²) in [6, 6.07) is 8.40. The number of amides is 1. The molecule has 26 heavy (non-hydrogen) atoms. The Morgan fingerprint density at radius 1 is 1.31 bits per heavy atom. The first-order chi connectivity index (χ1) is 12.3. The Bertz CT molecular complexity index is 859. The van der Waals surface area contributed by atoms with Gasteiger partial charge in [-0.2, -0.15) is 18.4 Å². The maximum atomic E-state index is 13.4. The molecule has 1 fully saturated rings. The molecule has 138 valence electrons. The molecule has 1 aliphatic carbocycles. The van der Waals surface area contributed by atoms with Crippen LogP contribution in [0.5, 0.6) is 0 Å². The van der Waals surface area contributed by atoms with Crippen molar-refractivity contribution in [2.45, 2.75) is 50.4 Å². The van der Waals surface area contributed by atoms with Crippen molar-refractivity contribution in [3.05, 3.63) is 30.1 Å². The second kappa shape index (κ2) is 6.63. The van der Waals surface area contributed by atoms with Gasteiger partial charge in [-0.3, -0.25) is 4.79 Å². The van der Waals surface area contributed by atoms with Gasteiger partial charge in [0.25, 0.3) is 0 Å². The fraction of sp³-hybridized carbons (Fsp3) is 0.500. The molecule has 2 aromatic rings. The van der Waals surface area contributed by atoms with Crippen LogP contribution in [0.2, 0.25) is 0 Å². The summed E-state index contributed by atoms with van der Waals surface area (Å²) in [7, 11) is 1.50. The molecule has 0 radical (unpaired) electrons. The Kier molecular flexibility index (Phi) is 4.65. The van der Waals surface area contributed by atoms with Crippen LogP contribution < -0.4 is 0 Å². The first kappa shape index (κ1) is 18.2. The van der Waals surface area contributed by atoms with E-state index in [-0.39, 0.29) is 11.0 Å². The number of para-hydroxylation sites is 2. The molecule has 1 heterocycles. The summed E-state index contributed by atoms with van der Waals surface area (Å²) in [6.07, 6.45) is -0.934. The zero-order chi connectivity index (χ0) is 18.9. The second-order valence-electron chi connectivity index (χ2n) is 6.66. The van der Waals surface area contributed by atoms with Crippen molar-refractivity contribution in [2.75, 3.05) is 7.05 Å². The van der Waals surface area contributed by atoms with Crippen molar-refractivity contribution in [2.24, 2.45) is 0 Å². The summed E-state index contributed by atoms with van der Waals surface area (Å²) in [5, 5.41) is 9.60. The number of rotatable bonds is 3. The molecule has 1 aromatic carbocycles. The first-order valence-corrected chi connectivity index (χ1v) is 8.49. The lowest BCUT2D eigenvalue weighted by Gasteiger charge is -2.39. The Balaban J connectivity index is 1.95. The number of likely N-dealkylation sites (N-methyl/N-ethyl adjacent to an activating group) is 1. The SMILES string of the molecule is CN(C(=O)Cn1c(C(F)(F)F)nc2ccccc21)C1(C#N)CCCCC1. The van der Waals surface area contributed by atoms with Gasteiger partial charge in [0.1, 0.15) is 12.1 Å². The van der Waals surface area contributed by atoms with Gasteiger partial charge in [0.05, 0.1) is 17.1 Å². The number of hydrogen-bond donors (Lipinski definition) is 0. The summed E-state index contributed by atoms with van der Waals surface area (Å²) < 4.78 is 41.0. The van der Waals surface area contributed by atoms with Gasteiger partial charge in [-0.25, -0.2) is 4.98 Å². The zero-order valence-corrected chi connectivity index (χ0v) is 14.4. The normalized spacial score (nSPS) is 17.0. The fourth-order valence-corrected chi connectivity index (χ4v) is 3.59. The first-order valence-electron chi connectivity index (χ1n) is 8.49. The summed E-state index contributed by atoms with van der Waals surface area (Å²) in [5.41, 5.74) is -0.511. The number of nitriles is 1. The lowest BCUT2D eigenvalue weighted by molar-refractivity contribution is -0.148. The molecule has 3 rings (SSSR count). The molecule has 5 nitrogen and oxygen atoms in total. The summed E-state index contributed by atoms with van der Waals surface area (Å²) >= 11 is 0. The predicted octanol–water partition coefficient (Wildman–Crippen LogP) is 3.74. The van der Waals surface area contributed by atoms with E-state index in [1.807, 2.05) is 0 Å². The molecule has 1 aliphatic rings. The highest BCUT2D eigenvalue weighted by molar-refractivity contribution is 5.82. The smallest absolute Gasteiger partial charge is 0.326 e. The highest BCUT2D eigenvalue weighted by atomic mass is 19.4. The lowest BCUT2D eigenvalue weighted by atomic mass is 9.81. The van der Waals surface area contributed by atoms with E-state index in [1.165, 1.54) is 24.1 Å². The third-order valence-corrected chi connectivity index (χ3v) is 5.11. The third kappa shape index (κ3) is 3.14. The van der Waals surface area contributed by atoms with Gasteiger partial charge in [0.2, 0.25) is 11.7 Å². The van der Waals surface area contributed by atoms with E-state index in [1.54, 1.807) is 12.1 Å². The van der Waals surface area contributed by atoms with Crippen LogP contribution in [-0.2, 0) is 17.5 Å². The molecular weight excluding hydrogens is 345 g/mol. The van der Waals surface area contributed by atoms with E-state index in [0.717, 1.165) is 23.8 Å². The number of carbonyl (C=O) groups is 1. The monoisotopic (exact) mass is 364 g/mol. The van der Waals surface area contributed by atoms with Gasteiger partial charge in [0.15, 0.2) is 0 Å². The molecule has 1 saturated carbocycles. The van der Waals surface area contributed by atoms with Crippen LogP contribution in [0.1, 0.15) is 37.9 Å². The number of fused-ring (bicyclic) bond motifs is 1. The molecule has 0 N–H and O–H groups in total. The van der Waals surface area contributed by atoms with Gasteiger partial charge in [-0.15, -0.1) is 0 Å². The van der Waals surface area contributed by atoms with E-state index < -0.39 is 30.0 Å². The van der Waals surface area contributed by atoms with E-state index in [0.29, 0.717) is 12.8 Å². The highest BCUT2D eigenvalue weighted by Gasteiger charge is 2.41. The van der Waals surface area contributed by atoms with Crippen molar-refractivity contribution in [1.29, 1.82) is 5.26 Å². The van der Waals surface area contributed by atoms with Crippen molar-refractivity contribution in [1.82, 2.24) is 14.5 Å². The van der Waals surface area contributed by atoms with Crippen LogP contribution in [-0.4, -0.2) is 32.9 Å². The number of aromatic nitrogens is 2. The van der Waals surface area contributed by atoms with Crippen molar-refractivity contribution in [3.8, 4) is 6.07 Å². The van der Waals surface area contributed by atoms with Crippen molar-refractivity contribution < 1.29 is 18.0 Å². The largest absolute Gasteiger partial charge is 0.449 e. The Hall–Kier alpha value is -2.56. The van der Waals surface area contributed by atoms with E-state index >= 15 is 0 Å². The van der Waals surface area contributed by atoms with Crippen molar-refractivity contribution in [3.63, 3.8) is 0 Å². The van der Waals surface area contributed by atoms with Crippen molar-refractivity contribution >= 4 is 16.9 Å². The van der Waals surface area contributed by atoms with Gasteiger partial charge < -0.3 is 9.47 Å². The minimum absolute atomic E-state index is 0.183. The molecule has 0 unspecified atom stereocenters. The van der Waals surface area contributed by atoms with E-state index in [9.17, 15) is 23.2 Å². The third-order valence-electron chi connectivity index (χ3n) is 5.11. The highest BCUT2D eigenvalue weighted by Crippen LogP contribution is 2.34. The molecule has 0 atom stereocenters. The maximum Gasteiger partial charge on any atom is 0.449 e.